The van der Waals surface area contributed by atoms with Crippen LogP contribution in [0.3, 0.4) is 0 Å². The molecule has 1 aliphatic heterocycles. The van der Waals surface area contributed by atoms with Crippen molar-refractivity contribution in [1.82, 2.24) is 9.55 Å². The smallest absolute Gasteiger partial charge is 0.351 e. The Kier molecular flexibility index (Phi) is 3.28. The number of halogens is 1. The van der Waals surface area contributed by atoms with Crippen molar-refractivity contribution in [2.45, 2.75) is 24.4 Å². The van der Waals surface area contributed by atoms with Crippen LogP contribution in [0.15, 0.2) is 11.0 Å². The lowest BCUT2D eigenvalue weighted by atomic mass is 9.99. The molecule has 0 spiro atoms. The molecule has 1 fully saturated rings. The summed E-state index contributed by atoms with van der Waals surface area (Å²) in [4.78, 5) is 14.9. The van der Waals surface area contributed by atoms with Crippen LogP contribution in [0.5, 0.6) is 0 Å². The van der Waals surface area contributed by atoms with Gasteiger partial charge in [-0.2, -0.15) is 4.98 Å². The Morgan fingerprint density at radius 3 is 3.05 bits per heavy atom. The Morgan fingerprint density at radius 1 is 1.79 bits per heavy atom. The van der Waals surface area contributed by atoms with E-state index in [2.05, 4.69) is 10.9 Å². The van der Waals surface area contributed by atoms with Crippen LogP contribution in [-0.2, 0) is 4.74 Å². The zero-order chi connectivity index (χ0) is 14.2. The number of aromatic nitrogens is 2. The lowest BCUT2D eigenvalue weighted by Gasteiger charge is -2.24. The fraction of sp³-hybridized carbons (Fsp3) is 0.455. The van der Waals surface area contributed by atoms with Crippen LogP contribution < -0.4 is 11.4 Å². The molecule has 0 amide bonds. The van der Waals surface area contributed by atoms with E-state index in [4.69, 9.17) is 22.0 Å². The standard InChI is InChI=1S/C11H12FN3O4/c1-2-11(18)3-6(5-16)19-9(11)15-4-7(12)8(13)14-10(15)17/h1,4,6,9,16,18H,3,5H2,(H2,13,14,17)/t6-,9+,11+/m0/s1. The Morgan fingerprint density at radius 2 is 2.47 bits per heavy atom. The molecule has 102 valence electrons. The van der Waals surface area contributed by atoms with Crippen LogP contribution in [-0.4, -0.2) is 38.1 Å². The fourth-order valence-electron chi connectivity index (χ4n) is 1.95. The lowest BCUT2D eigenvalue weighted by molar-refractivity contribution is -0.0744. The van der Waals surface area contributed by atoms with Gasteiger partial charge in [-0.05, 0) is 0 Å². The highest BCUT2D eigenvalue weighted by atomic mass is 19.1. The maximum absolute atomic E-state index is 13.4. The van der Waals surface area contributed by atoms with E-state index in [0.29, 0.717) is 0 Å². The van der Waals surface area contributed by atoms with Gasteiger partial charge in [-0.15, -0.1) is 6.42 Å². The maximum atomic E-state index is 13.4. The molecular formula is C11H12FN3O4. The second-order valence-electron chi connectivity index (χ2n) is 4.23. The van der Waals surface area contributed by atoms with Crippen molar-refractivity contribution in [3.63, 3.8) is 0 Å². The summed E-state index contributed by atoms with van der Waals surface area (Å²) >= 11 is 0. The second kappa shape index (κ2) is 4.62. The zero-order valence-electron chi connectivity index (χ0n) is 9.78. The van der Waals surface area contributed by atoms with Crippen LogP contribution in [0.2, 0.25) is 0 Å². The molecule has 2 rings (SSSR count). The summed E-state index contributed by atoms with van der Waals surface area (Å²) in [6.45, 7) is -0.389. The first kappa shape index (κ1) is 13.5. The van der Waals surface area contributed by atoms with Crippen molar-refractivity contribution in [2.75, 3.05) is 12.3 Å². The van der Waals surface area contributed by atoms with E-state index < -0.39 is 35.3 Å². The molecule has 0 radical (unpaired) electrons. The summed E-state index contributed by atoms with van der Waals surface area (Å²) in [5.74, 6) is 0.604. The molecular weight excluding hydrogens is 257 g/mol. The molecule has 8 heteroatoms. The molecule has 7 nitrogen and oxygen atoms in total. The minimum atomic E-state index is -1.83. The number of nitrogens with zero attached hydrogens (tertiary/aromatic N) is 2. The molecule has 19 heavy (non-hydrogen) atoms. The van der Waals surface area contributed by atoms with E-state index in [1.54, 1.807) is 0 Å². The Balaban J connectivity index is 2.49. The zero-order valence-corrected chi connectivity index (χ0v) is 9.78. The molecule has 0 unspecified atom stereocenters. The maximum Gasteiger partial charge on any atom is 0.351 e. The minimum absolute atomic E-state index is 0.0803. The van der Waals surface area contributed by atoms with Crippen LogP contribution in [0.4, 0.5) is 10.2 Å². The largest absolute Gasteiger partial charge is 0.394 e. The average Bonchev–Trinajstić information content (AvgIpc) is 2.72. The van der Waals surface area contributed by atoms with Gasteiger partial charge in [-0.25, -0.2) is 9.18 Å². The van der Waals surface area contributed by atoms with Gasteiger partial charge in [-0.3, -0.25) is 4.57 Å². The van der Waals surface area contributed by atoms with Gasteiger partial charge in [0.25, 0.3) is 0 Å². The van der Waals surface area contributed by atoms with Gasteiger partial charge in [-0.1, -0.05) is 5.92 Å². The molecule has 1 aliphatic rings. The van der Waals surface area contributed by atoms with Crippen LogP contribution in [0, 0.1) is 18.2 Å². The number of rotatable bonds is 2. The molecule has 0 aliphatic carbocycles. The third-order valence-corrected chi connectivity index (χ3v) is 2.91. The number of terminal acetylenes is 1. The van der Waals surface area contributed by atoms with Crippen molar-refractivity contribution in [3.8, 4) is 12.3 Å². The van der Waals surface area contributed by atoms with E-state index in [0.717, 1.165) is 10.8 Å². The number of nitrogen functional groups attached to an aromatic ring is 1. The van der Waals surface area contributed by atoms with Gasteiger partial charge in [0.2, 0.25) is 0 Å². The first-order chi connectivity index (χ1) is 8.91. The Hall–Kier alpha value is -1.95. The molecule has 1 aromatic rings. The highest BCUT2D eigenvalue weighted by Gasteiger charge is 2.48. The number of hydrogen-bond acceptors (Lipinski definition) is 6. The predicted molar refractivity (Wildman–Crippen MR) is 62.3 cm³/mol. The van der Waals surface area contributed by atoms with Crippen LogP contribution >= 0.6 is 0 Å². The molecule has 1 saturated heterocycles. The van der Waals surface area contributed by atoms with Crippen LogP contribution in [0.25, 0.3) is 0 Å². The molecule has 4 N–H and O–H groups in total. The van der Waals surface area contributed by atoms with Crippen molar-refractivity contribution < 1.29 is 19.3 Å². The molecule has 0 aromatic carbocycles. The summed E-state index contributed by atoms with van der Waals surface area (Å²) in [5, 5.41) is 19.2. The summed E-state index contributed by atoms with van der Waals surface area (Å²) in [6.07, 6.45) is 3.82. The van der Waals surface area contributed by atoms with Crippen molar-refractivity contribution in [3.05, 3.63) is 22.5 Å². The predicted octanol–water partition coefficient (Wildman–Crippen LogP) is -1.39. The third-order valence-electron chi connectivity index (χ3n) is 2.91. The highest BCUT2D eigenvalue weighted by molar-refractivity contribution is 5.27. The summed E-state index contributed by atoms with van der Waals surface area (Å²) in [7, 11) is 0. The lowest BCUT2D eigenvalue weighted by Crippen LogP contribution is -2.40. The van der Waals surface area contributed by atoms with Crippen molar-refractivity contribution in [2.24, 2.45) is 0 Å². The molecule has 0 saturated carbocycles. The van der Waals surface area contributed by atoms with E-state index >= 15 is 0 Å². The number of ether oxygens (including phenoxy) is 1. The Labute approximate surface area is 107 Å². The summed E-state index contributed by atoms with van der Waals surface area (Å²) < 4.78 is 19.3. The van der Waals surface area contributed by atoms with E-state index in [-0.39, 0.29) is 13.0 Å². The normalized spacial score (nSPS) is 30.2. The van der Waals surface area contributed by atoms with Gasteiger partial charge in [0.1, 0.15) is 0 Å². The second-order valence-corrected chi connectivity index (χ2v) is 4.23. The minimum Gasteiger partial charge on any atom is -0.394 e. The summed E-state index contributed by atoms with van der Waals surface area (Å²) in [6, 6.07) is 0. The molecule has 0 bridgehead atoms. The number of hydrogen-bond donors (Lipinski definition) is 3. The van der Waals surface area contributed by atoms with Gasteiger partial charge < -0.3 is 20.7 Å². The number of anilines is 1. The first-order valence-corrected chi connectivity index (χ1v) is 5.42. The van der Waals surface area contributed by atoms with Gasteiger partial charge >= 0.3 is 5.69 Å². The molecule has 2 heterocycles. The Bertz CT molecular complexity index is 597. The van der Waals surface area contributed by atoms with E-state index in [1.165, 1.54) is 0 Å². The number of nitrogens with two attached hydrogens (primary N) is 1. The van der Waals surface area contributed by atoms with E-state index in [1.807, 2.05) is 0 Å². The number of aliphatic hydroxyl groups is 2. The molecule has 3 atom stereocenters. The van der Waals surface area contributed by atoms with Gasteiger partial charge in [0, 0.05) is 6.42 Å². The summed E-state index contributed by atoms with van der Waals surface area (Å²) in [5.41, 5.74) is 2.42. The monoisotopic (exact) mass is 269 g/mol. The third kappa shape index (κ3) is 2.19. The SMILES string of the molecule is C#C[C@@]1(O)C[C@@H](CO)O[C@H]1n1cc(F)c(N)nc1=O. The topological polar surface area (TPSA) is 111 Å². The molecule has 1 aromatic heterocycles. The van der Waals surface area contributed by atoms with E-state index in [9.17, 15) is 14.3 Å². The van der Waals surface area contributed by atoms with Gasteiger partial charge in [0.15, 0.2) is 23.5 Å². The van der Waals surface area contributed by atoms with Crippen LogP contribution in [0.1, 0.15) is 12.6 Å². The number of aliphatic hydroxyl groups excluding tert-OH is 1. The average molecular weight is 269 g/mol. The fourth-order valence-corrected chi connectivity index (χ4v) is 1.95. The van der Waals surface area contributed by atoms with Crippen molar-refractivity contribution in [1.29, 1.82) is 0 Å². The van der Waals surface area contributed by atoms with Crippen molar-refractivity contribution >= 4 is 5.82 Å². The first-order valence-electron chi connectivity index (χ1n) is 5.42. The van der Waals surface area contributed by atoms with Gasteiger partial charge in [0.05, 0.1) is 18.9 Å². The highest BCUT2D eigenvalue weighted by Crippen LogP contribution is 2.36. The quantitative estimate of drug-likeness (QED) is 0.570.